The molecule has 0 saturated carbocycles. The topological polar surface area (TPSA) is 50.7 Å². The number of rotatable bonds is 5. The Morgan fingerprint density at radius 2 is 1.75 bits per heavy atom. The summed E-state index contributed by atoms with van der Waals surface area (Å²) in [5, 5.41) is 4.44. The lowest BCUT2D eigenvalue weighted by molar-refractivity contribution is 0.892. The summed E-state index contributed by atoms with van der Waals surface area (Å²) in [6.45, 7) is 6.91. The molecule has 5 rings (SSSR count). The van der Waals surface area contributed by atoms with Gasteiger partial charge >= 0.3 is 0 Å². The minimum absolute atomic E-state index is 0.375. The Hall–Kier alpha value is -4.05. The van der Waals surface area contributed by atoms with Crippen LogP contribution in [0.25, 0.3) is 27.7 Å². The van der Waals surface area contributed by atoms with E-state index in [4.69, 9.17) is 4.98 Å². The van der Waals surface area contributed by atoms with E-state index in [0.717, 1.165) is 27.7 Å². The van der Waals surface area contributed by atoms with Gasteiger partial charge in [0.15, 0.2) is 0 Å². The van der Waals surface area contributed by atoms with Crippen LogP contribution in [0.1, 0.15) is 18.1 Å². The zero-order chi connectivity index (χ0) is 21.9. The number of aromatic nitrogens is 3. The van der Waals surface area contributed by atoms with Crippen LogP contribution in [-0.4, -0.2) is 15.0 Å². The fourth-order valence-electron chi connectivity index (χ4n) is 3.81. The van der Waals surface area contributed by atoms with E-state index >= 15 is 0 Å². The van der Waals surface area contributed by atoms with Crippen LogP contribution in [0.15, 0.2) is 103 Å². The van der Waals surface area contributed by atoms with E-state index in [0.29, 0.717) is 18.4 Å². The average Bonchev–Trinajstić information content (AvgIpc) is 2.85. The minimum Gasteiger partial charge on any atom is -0.350 e. The Kier molecular flexibility index (Phi) is 5.34. The molecule has 0 radical (unpaired) electrons. The third kappa shape index (κ3) is 4.21. The van der Waals surface area contributed by atoms with E-state index in [1.807, 2.05) is 30.5 Å². The lowest BCUT2D eigenvalue weighted by atomic mass is 9.90. The van der Waals surface area contributed by atoms with Crippen LogP contribution in [0.2, 0.25) is 0 Å². The molecule has 2 aromatic carbocycles. The van der Waals surface area contributed by atoms with E-state index < -0.39 is 0 Å². The van der Waals surface area contributed by atoms with E-state index in [1.54, 1.807) is 6.20 Å². The van der Waals surface area contributed by atoms with E-state index in [-0.39, 0.29) is 0 Å². The zero-order valence-electron chi connectivity index (χ0n) is 18.0. The van der Waals surface area contributed by atoms with Crippen molar-refractivity contribution in [1.29, 1.82) is 0 Å². The summed E-state index contributed by atoms with van der Waals surface area (Å²) in [6, 6.07) is 20.7. The molecule has 1 unspecified atom stereocenters. The van der Waals surface area contributed by atoms with Crippen LogP contribution in [0.5, 0.6) is 0 Å². The van der Waals surface area contributed by atoms with Gasteiger partial charge < -0.3 is 5.32 Å². The van der Waals surface area contributed by atoms with Crippen molar-refractivity contribution in [1.82, 2.24) is 15.0 Å². The van der Waals surface area contributed by atoms with Crippen molar-refractivity contribution in [3.63, 3.8) is 0 Å². The zero-order valence-corrected chi connectivity index (χ0v) is 18.0. The van der Waals surface area contributed by atoms with E-state index in [1.165, 1.54) is 16.7 Å². The van der Waals surface area contributed by atoms with Gasteiger partial charge in [-0.05, 0) is 52.5 Å². The Morgan fingerprint density at radius 1 is 0.906 bits per heavy atom. The predicted molar refractivity (Wildman–Crippen MR) is 132 cm³/mol. The highest BCUT2D eigenvalue weighted by molar-refractivity contribution is 5.83. The number of pyridine rings is 1. The van der Waals surface area contributed by atoms with Crippen molar-refractivity contribution in [2.24, 2.45) is 5.92 Å². The van der Waals surface area contributed by atoms with Gasteiger partial charge in [0.25, 0.3) is 0 Å². The van der Waals surface area contributed by atoms with E-state index in [9.17, 15) is 0 Å². The fraction of sp³-hybridized carbons (Fsp3) is 0.107. The van der Waals surface area contributed by atoms with Crippen LogP contribution in [0, 0.1) is 5.92 Å². The number of nitrogens with zero attached hydrogens (tertiary/aromatic N) is 3. The molecule has 4 nitrogen and oxygen atoms in total. The van der Waals surface area contributed by atoms with Gasteiger partial charge in [-0.25, -0.2) is 9.97 Å². The first-order chi connectivity index (χ1) is 15.7. The molecule has 1 N–H and O–H groups in total. The molecule has 156 valence electrons. The normalized spacial score (nSPS) is 15.6. The van der Waals surface area contributed by atoms with Gasteiger partial charge in [-0.15, -0.1) is 0 Å². The van der Waals surface area contributed by atoms with Crippen molar-refractivity contribution in [2.75, 3.05) is 5.32 Å². The molecule has 0 spiro atoms. The SMILES string of the molecule is C=C1C=CC(c2ccc(CNc3nccc(-c4ccc5ncccc5c4)n3)cc2)=CC1C. The van der Waals surface area contributed by atoms with Gasteiger partial charge in [-0.3, -0.25) is 4.98 Å². The Labute approximate surface area is 188 Å². The van der Waals surface area contributed by atoms with Crippen LogP contribution >= 0.6 is 0 Å². The Balaban J connectivity index is 1.28. The predicted octanol–water partition coefficient (Wildman–Crippen LogP) is 6.45. The molecular formula is C28H24N4. The summed E-state index contributed by atoms with van der Waals surface area (Å²) in [6.07, 6.45) is 10.1. The van der Waals surface area contributed by atoms with Crippen LogP contribution in [-0.2, 0) is 6.54 Å². The third-order valence-corrected chi connectivity index (χ3v) is 5.78. The number of hydrogen-bond donors (Lipinski definition) is 1. The molecule has 2 heterocycles. The second-order valence-electron chi connectivity index (χ2n) is 8.05. The number of fused-ring (bicyclic) bond motifs is 1. The van der Waals surface area contributed by atoms with E-state index in [2.05, 4.69) is 83.4 Å². The quantitative estimate of drug-likeness (QED) is 0.406. The highest BCUT2D eigenvalue weighted by atomic mass is 15.1. The van der Waals surface area contributed by atoms with Gasteiger partial charge in [0, 0.05) is 29.9 Å². The monoisotopic (exact) mass is 416 g/mol. The fourth-order valence-corrected chi connectivity index (χ4v) is 3.81. The highest BCUT2D eigenvalue weighted by Gasteiger charge is 2.09. The molecule has 0 amide bonds. The largest absolute Gasteiger partial charge is 0.350 e. The first kappa shape index (κ1) is 19.9. The first-order valence-electron chi connectivity index (χ1n) is 10.8. The number of anilines is 1. The molecule has 4 aromatic rings. The van der Waals surface area contributed by atoms with Crippen molar-refractivity contribution < 1.29 is 0 Å². The standard InChI is InChI=1S/C28H24N4/c1-19-5-8-23(16-20(19)2)22-9-6-21(7-10-22)18-31-28-30-15-13-27(32-28)25-11-12-26-24(17-25)4-3-14-29-26/h3-17,20H,1,18H2,2H3,(H,30,31,32). The van der Waals surface area contributed by atoms with Gasteiger partial charge in [0.05, 0.1) is 11.2 Å². The molecule has 4 heteroatoms. The summed E-state index contributed by atoms with van der Waals surface area (Å²) in [4.78, 5) is 13.5. The summed E-state index contributed by atoms with van der Waals surface area (Å²) in [5.41, 5.74) is 7.70. The van der Waals surface area contributed by atoms with Crippen LogP contribution in [0.4, 0.5) is 5.95 Å². The maximum Gasteiger partial charge on any atom is 0.223 e. The molecule has 2 aromatic heterocycles. The third-order valence-electron chi connectivity index (χ3n) is 5.78. The summed E-state index contributed by atoms with van der Waals surface area (Å²) >= 11 is 0. The van der Waals surface area contributed by atoms with Gasteiger partial charge in [0.1, 0.15) is 0 Å². The lowest BCUT2D eigenvalue weighted by Gasteiger charge is -2.15. The molecule has 0 saturated heterocycles. The van der Waals surface area contributed by atoms with Gasteiger partial charge in [-0.2, -0.15) is 0 Å². The Morgan fingerprint density at radius 3 is 2.59 bits per heavy atom. The average molecular weight is 417 g/mol. The summed E-state index contributed by atoms with van der Waals surface area (Å²) in [7, 11) is 0. The second-order valence-corrected chi connectivity index (χ2v) is 8.05. The molecule has 1 aliphatic carbocycles. The minimum atomic E-state index is 0.375. The molecule has 0 fully saturated rings. The molecule has 32 heavy (non-hydrogen) atoms. The van der Waals surface area contributed by atoms with Crippen molar-refractivity contribution in [3.05, 3.63) is 115 Å². The number of allylic oxidation sites excluding steroid dienone is 5. The molecule has 0 bridgehead atoms. The summed E-state index contributed by atoms with van der Waals surface area (Å²) < 4.78 is 0. The van der Waals surface area contributed by atoms with Gasteiger partial charge in [0.2, 0.25) is 5.95 Å². The van der Waals surface area contributed by atoms with Crippen LogP contribution < -0.4 is 5.32 Å². The van der Waals surface area contributed by atoms with Crippen LogP contribution in [0.3, 0.4) is 0 Å². The smallest absolute Gasteiger partial charge is 0.223 e. The maximum atomic E-state index is 4.70. The van der Waals surface area contributed by atoms with Gasteiger partial charge in [-0.1, -0.05) is 68.1 Å². The summed E-state index contributed by atoms with van der Waals surface area (Å²) in [5.74, 6) is 0.989. The number of hydrogen-bond acceptors (Lipinski definition) is 4. The van der Waals surface area contributed by atoms with Crippen molar-refractivity contribution in [3.8, 4) is 11.3 Å². The number of benzene rings is 2. The molecule has 1 atom stereocenters. The second kappa shape index (κ2) is 8.60. The van der Waals surface area contributed by atoms with Crippen molar-refractivity contribution in [2.45, 2.75) is 13.5 Å². The number of nitrogens with one attached hydrogen (secondary N) is 1. The first-order valence-corrected chi connectivity index (χ1v) is 10.8. The molecular weight excluding hydrogens is 392 g/mol. The van der Waals surface area contributed by atoms with Crippen molar-refractivity contribution >= 4 is 22.4 Å². The molecule has 1 aliphatic rings. The maximum absolute atomic E-state index is 4.70. The lowest BCUT2D eigenvalue weighted by Crippen LogP contribution is -2.04. The Bertz CT molecular complexity index is 1350. The molecule has 0 aliphatic heterocycles. The highest BCUT2D eigenvalue weighted by Crippen LogP contribution is 2.27.